The predicted molar refractivity (Wildman–Crippen MR) is 92.0 cm³/mol. The van der Waals surface area contributed by atoms with Gasteiger partial charge in [-0.25, -0.2) is 13.1 Å². The first-order chi connectivity index (χ1) is 11.1. The molecule has 0 heterocycles. The summed E-state index contributed by atoms with van der Waals surface area (Å²) in [7, 11) is -3.44. The third kappa shape index (κ3) is 6.12. The van der Waals surface area contributed by atoms with Crippen molar-refractivity contribution in [3.63, 3.8) is 0 Å². The molecule has 23 heavy (non-hydrogen) atoms. The second kappa shape index (κ2) is 9.25. The largest absolute Gasteiger partial charge is 0.493 e. The molecule has 1 aromatic rings. The Bertz CT molecular complexity index is 552. The molecule has 0 saturated heterocycles. The molecule has 0 atom stereocenters. The number of ether oxygens (including phenoxy) is 1. The van der Waals surface area contributed by atoms with Gasteiger partial charge in [-0.3, -0.25) is 0 Å². The molecular weight excluding hydrogens is 312 g/mol. The van der Waals surface area contributed by atoms with Crippen molar-refractivity contribution in [1.29, 1.82) is 0 Å². The Morgan fingerprint density at radius 1 is 1.09 bits per heavy atom. The van der Waals surface area contributed by atoms with E-state index in [1.807, 2.05) is 0 Å². The van der Waals surface area contributed by atoms with Crippen molar-refractivity contribution in [2.24, 2.45) is 11.7 Å². The summed E-state index contributed by atoms with van der Waals surface area (Å²) in [6, 6.07) is 6.66. The topological polar surface area (TPSA) is 81.4 Å². The molecule has 0 unspecified atom stereocenters. The molecule has 130 valence electrons. The number of nitrogens with one attached hydrogen (secondary N) is 1. The first kappa shape index (κ1) is 18.2. The van der Waals surface area contributed by atoms with E-state index in [-0.39, 0.29) is 4.90 Å². The minimum Gasteiger partial charge on any atom is -0.493 e. The van der Waals surface area contributed by atoms with Gasteiger partial charge in [0.15, 0.2) is 0 Å². The fraction of sp³-hybridized carbons (Fsp3) is 0.647. The minimum atomic E-state index is -3.44. The van der Waals surface area contributed by atoms with Crippen LogP contribution in [-0.4, -0.2) is 28.1 Å². The Morgan fingerprint density at radius 3 is 2.43 bits per heavy atom. The lowest BCUT2D eigenvalue weighted by molar-refractivity contribution is 0.209. The van der Waals surface area contributed by atoms with Crippen molar-refractivity contribution in [1.82, 2.24) is 4.72 Å². The van der Waals surface area contributed by atoms with Crippen LogP contribution >= 0.6 is 0 Å². The van der Waals surface area contributed by atoms with Crippen molar-refractivity contribution >= 4 is 10.0 Å². The highest BCUT2D eigenvalue weighted by Gasteiger charge is 2.15. The quantitative estimate of drug-likeness (QED) is 0.677. The first-order valence-electron chi connectivity index (χ1n) is 8.54. The van der Waals surface area contributed by atoms with Gasteiger partial charge in [0.25, 0.3) is 0 Å². The standard InChI is InChI=1S/C17H28N2O3S/c18-12-4-5-13-19-23(20,21)17-10-8-16(9-11-17)22-14-15-6-2-1-3-7-15/h8-11,15,19H,1-7,12-14,18H2. The lowest BCUT2D eigenvalue weighted by Gasteiger charge is -2.21. The average Bonchev–Trinajstić information content (AvgIpc) is 2.58. The van der Waals surface area contributed by atoms with Crippen LogP contribution in [0.1, 0.15) is 44.9 Å². The molecule has 3 N–H and O–H groups in total. The highest BCUT2D eigenvalue weighted by Crippen LogP contribution is 2.25. The van der Waals surface area contributed by atoms with Crippen molar-refractivity contribution in [2.75, 3.05) is 19.7 Å². The minimum absolute atomic E-state index is 0.273. The molecule has 0 bridgehead atoms. The maximum Gasteiger partial charge on any atom is 0.240 e. The molecule has 1 fully saturated rings. The zero-order valence-corrected chi connectivity index (χ0v) is 14.5. The number of rotatable bonds is 9. The number of unbranched alkanes of at least 4 members (excludes halogenated alkanes) is 1. The van der Waals surface area contributed by atoms with Gasteiger partial charge in [0.1, 0.15) is 5.75 Å². The van der Waals surface area contributed by atoms with Crippen LogP contribution < -0.4 is 15.2 Å². The van der Waals surface area contributed by atoms with E-state index in [2.05, 4.69) is 4.72 Å². The molecule has 1 aromatic carbocycles. The molecule has 1 aliphatic carbocycles. The van der Waals surface area contributed by atoms with Gasteiger partial charge in [-0.05, 0) is 62.4 Å². The van der Waals surface area contributed by atoms with E-state index < -0.39 is 10.0 Å². The summed E-state index contributed by atoms with van der Waals surface area (Å²) in [6.45, 7) is 1.72. The van der Waals surface area contributed by atoms with Gasteiger partial charge in [0.05, 0.1) is 11.5 Å². The summed E-state index contributed by atoms with van der Waals surface area (Å²) in [6.07, 6.45) is 7.95. The number of hydrogen-bond acceptors (Lipinski definition) is 4. The number of hydrogen-bond donors (Lipinski definition) is 2. The van der Waals surface area contributed by atoms with Gasteiger partial charge in [0.2, 0.25) is 10.0 Å². The Balaban J connectivity index is 1.83. The van der Waals surface area contributed by atoms with Crippen LogP contribution in [0.5, 0.6) is 5.75 Å². The van der Waals surface area contributed by atoms with E-state index in [0.29, 0.717) is 19.0 Å². The Hall–Kier alpha value is -1.11. The fourth-order valence-corrected chi connectivity index (χ4v) is 3.92. The number of nitrogens with two attached hydrogens (primary N) is 1. The van der Waals surface area contributed by atoms with Crippen LogP contribution in [0, 0.1) is 5.92 Å². The Labute approximate surface area is 139 Å². The molecule has 1 saturated carbocycles. The van der Waals surface area contributed by atoms with E-state index in [0.717, 1.165) is 25.2 Å². The van der Waals surface area contributed by atoms with Gasteiger partial charge in [0, 0.05) is 6.54 Å². The third-order valence-corrected chi connectivity index (χ3v) is 5.74. The lowest BCUT2D eigenvalue weighted by atomic mass is 9.90. The van der Waals surface area contributed by atoms with Gasteiger partial charge >= 0.3 is 0 Å². The zero-order chi connectivity index (χ0) is 16.5. The SMILES string of the molecule is NCCCCNS(=O)(=O)c1ccc(OCC2CCCCC2)cc1. The molecule has 5 nitrogen and oxygen atoms in total. The Morgan fingerprint density at radius 2 is 1.78 bits per heavy atom. The van der Waals surface area contributed by atoms with Crippen molar-refractivity contribution in [3.05, 3.63) is 24.3 Å². The van der Waals surface area contributed by atoms with Gasteiger partial charge < -0.3 is 10.5 Å². The summed E-state index contributed by atoms with van der Waals surface area (Å²) >= 11 is 0. The van der Waals surface area contributed by atoms with E-state index in [1.54, 1.807) is 24.3 Å². The van der Waals surface area contributed by atoms with Gasteiger partial charge in [-0.1, -0.05) is 19.3 Å². The molecule has 0 radical (unpaired) electrons. The van der Waals surface area contributed by atoms with Gasteiger partial charge in [-0.2, -0.15) is 0 Å². The van der Waals surface area contributed by atoms with Crippen molar-refractivity contribution < 1.29 is 13.2 Å². The second-order valence-corrected chi connectivity index (χ2v) is 7.95. The van der Waals surface area contributed by atoms with E-state index in [9.17, 15) is 8.42 Å². The van der Waals surface area contributed by atoms with Gasteiger partial charge in [-0.15, -0.1) is 0 Å². The highest BCUT2D eigenvalue weighted by atomic mass is 32.2. The second-order valence-electron chi connectivity index (χ2n) is 6.18. The van der Waals surface area contributed by atoms with E-state index >= 15 is 0 Å². The average molecular weight is 340 g/mol. The highest BCUT2D eigenvalue weighted by molar-refractivity contribution is 7.89. The maximum absolute atomic E-state index is 12.1. The molecule has 2 rings (SSSR count). The number of benzene rings is 1. The molecular formula is C17H28N2O3S. The first-order valence-corrected chi connectivity index (χ1v) is 10.0. The van der Waals surface area contributed by atoms with Crippen LogP contribution in [0.15, 0.2) is 29.2 Å². The lowest BCUT2D eigenvalue weighted by Crippen LogP contribution is -2.25. The molecule has 0 aromatic heterocycles. The Kier molecular flexibility index (Phi) is 7.33. The van der Waals surface area contributed by atoms with Crippen molar-refractivity contribution in [3.8, 4) is 5.75 Å². The van der Waals surface area contributed by atoms with Crippen LogP contribution in [0.2, 0.25) is 0 Å². The van der Waals surface area contributed by atoms with Crippen LogP contribution in [-0.2, 0) is 10.0 Å². The summed E-state index contributed by atoms with van der Waals surface area (Å²) < 4.78 is 32.6. The van der Waals surface area contributed by atoms with E-state index in [4.69, 9.17) is 10.5 Å². The van der Waals surface area contributed by atoms with Crippen LogP contribution in [0.25, 0.3) is 0 Å². The molecule has 1 aliphatic rings. The van der Waals surface area contributed by atoms with Crippen LogP contribution in [0.4, 0.5) is 0 Å². The third-order valence-electron chi connectivity index (χ3n) is 4.27. The zero-order valence-electron chi connectivity index (χ0n) is 13.7. The smallest absolute Gasteiger partial charge is 0.240 e. The summed E-state index contributed by atoms with van der Waals surface area (Å²) in [5.41, 5.74) is 5.40. The maximum atomic E-state index is 12.1. The number of sulfonamides is 1. The molecule has 6 heteroatoms. The van der Waals surface area contributed by atoms with Crippen LogP contribution in [0.3, 0.4) is 0 Å². The monoisotopic (exact) mass is 340 g/mol. The fourth-order valence-electron chi connectivity index (χ4n) is 2.84. The van der Waals surface area contributed by atoms with E-state index in [1.165, 1.54) is 32.1 Å². The summed E-state index contributed by atoms with van der Waals surface area (Å²) in [5.74, 6) is 1.37. The molecule has 0 spiro atoms. The normalized spacial score (nSPS) is 16.4. The summed E-state index contributed by atoms with van der Waals surface area (Å²) in [5, 5.41) is 0. The molecule has 0 aliphatic heterocycles. The molecule has 0 amide bonds. The summed E-state index contributed by atoms with van der Waals surface area (Å²) in [4.78, 5) is 0.273. The van der Waals surface area contributed by atoms with Crippen molar-refractivity contribution in [2.45, 2.75) is 49.8 Å². The predicted octanol–water partition coefficient (Wildman–Crippen LogP) is 2.66.